The Morgan fingerprint density at radius 2 is 2.00 bits per heavy atom. The molecule has 3 rings (SSSR count). The molecule has 2 aromatic carbocycles. The van der Waals surface area contributed by atoms with Gasteiger partial charge in [0.25, 0.3) is 5.91 Å². The third-order valence-electron chi connectivity index (χ3n) is 4.43. The van der Waals surface area contributed by atoms with Gasteiger partial charge in [0.05, 0.1) is 17.6 Å². The summed E-state index contributed by atoms with van der Waals surface area (Å²) in [4.78, 5) is 17.0. The van der Waals surface area contributed by atoms with Gasteiger partial charge in [-0.1, -0.05) is 36.7 Å². The molecule has 8 heteroatoms. The minimum atomic E-state index is -2.72. The number of amides is 1. The van der Waals surface area contributed by atoms with E-state index in [1.54, 1.807) is 25.1 Å². The molecule has 3 aromatic rings. The van der Waals surface area contributed by atoms with Crippen molar-refractivity contribution < 1.29 is 13.2 Å². The quantitative estimate of drug-likeness (QED) is 0.617. The number of nitrogens with one attached hydrogen (secondary N) is 1. The fraction of sp³-hybridized carbons (Fsp3) is 0.263. The summed E-state index contributed by atoms with van der Waals surface area (Å²) in [7, 11) is -2.72. The van der Waals surface area contributed by atoms with E-state index >= 15 is 0 Å². The zero-order valence-electron chi connectivity index (χ0n) is 15.0. The zero-order chi connectivity index (χ0) is 19.6. The van der Waals surface area contributed by atoms with Gasteiger partial charge in [-0.25, -0.2) is 13.4 Å². The van der Waals surface area contributed by atoms with Crippen LogP contribution in [0.1, 0.15) is 35.1 Å². The average Bonchev–Trinajstić information content (AvgIpc) is 2.95. The van der Waals surface area contributed by atoms with Crippen molar-refractivity contribution in [3.63, 3.8) is 0 Å². The van der Waals surface area contributed by atoms with Gasteiger partial charge in [0.15, 0.2) is 10.7 Å². The topological polar surface area (TPSA) is 81.1 Å². The van der Waals surface area contributed by atoms with Crippen LogP contribution in [-0.2, 0) is 17.2 Å². The number of carbonyl (C=O) groups excluding carboxylic acids is 1. The predicted molar refractivity (Wildman–Crippen MR) is 107 cm³/mol. The van der Waals surface area contributed by atoms with Crippen molar-refractivity contribution in [3.05, 3.63) is 64.4 Å². The van der Waals surface area contributed by atoms with Crippen LogP contribution < -0.4 is 5.32 Å². The molecular weight excluding hydrogens is 386 g/mol. The lowest BCUT2D eigenvalue weighted by atomic mass is 10.1. The van der Waals surface area contributed by atoms with E-state index in [-0.39, 0.29) is 0 Å². The summed E-state index contributed by atoms with van der Waals surface area (Å²) >= 11 is 6.27. The fourth-order valence-corrected chi connectivity index (χ4v) is 3.64. The Morgan fingerprint density at radius 3 is 2.67 bits per heavy atom. The number of fused-ring (bicyclic) bond motifs is 1. The SMILES string of the molecule is CCC(NC(=O)c1ccc2nc(C)n(Cc3ccccc3Cl)c2c1)[SH](=O)=O. The number of nitrogens with zero attached hydrogens (tertiary/aromatic N) is 2. The second-order valence-corrected chi connectivity index (χ2v) is 7.82. The summed E-state index contributed by atoms with van der Waals surface area (Å²) in [6, 6.07) is 12.7. The van der Waals surface area contributed by atoms with E-state index in [1.807, 2.05) is 35.8 Å². The second-order valence-electron chi connectivity index (χ2n) is 6.22. The largest absolute Gasteiger partial charge is 0.336 e. The van der Waals surface area contributed by atoms with Crippen molar-refractivity contribution in [1.29, 1.82) is 0 Å². The van der Waals surface area contributed by atoms with Crippen LogP contribution >= 0.6 is 11.6 Å². The Bertz CT molecular complexity index is 1070. The number of aryl methyl sites for hydroxylation is 1. The number of imidazole rings is 1. The standard InChI is InChI=1S/C19H20ClN3O3S/c1-3-18(27(25)26)22-19(24)13-8-9-16-17(10-13)23(12(2)21-16)11-14-6-4-5-7-15(14)20/h4-10,18,27H,3,11H2,1-2H3,(H,22,24). The van der Waals surface area contributed by atoms with Gasteiger partial charge >= 0.3 is 0 Å². The van der Waals surface area contributed by atoms with Gasteiger partial charge in [0, 0.05) is 10.6 Å². The molecule has 1 aromatic heterocycles. The van der Waals surface area contributed by atoms with Crippen LogP contribution in [0.5, 0.6) is 0 Å². The molecule has 0 bridgehead atoms. The normalized spacial score (nSPS) is 12.4. The van der Waals surface area contributed by atoms with Crippen LogP contribution in [0, 0.1) is 6.92 Å². The number of carbonyl (C=O) groups is 1. The average molecular weight is 406 g/mol. The third-order valence-corrected chi connectivity index (χ3v) is 5.80. The van der Waals surface area contributed by atoms with Crippen LogP contribution in [0.25, 0.3) is 11.0 Å². The van der Waals surface area contributed by atoms with E-state index in [0.717, 1.165) is 22.4 Å². The summed E-state index contributed by atoms with van der Waals surface area (Å²) in [5, 5.41) is 2.33. The summed E-state index contributed by atoms with van der Waals surface area (Å²) in [6.07, 6.45) is 0.316. The molecular formula is C19H20ClN3O3S. The summed E-state index contributed by atoms with van der Waals surface area (Å²) in [6.45, 7) is 4.13. The van der Waals surface area contributed by atoms with E-state index < -0.39 is 22.0 Å². The highest BCUT2D eigenvalue weighted by atomic mass is 35.5. The smallest absolute Gasteiger partial charge is 0.252 e. The first-order valence-electron chi connectivity index (χ1n) is 8.55. The van der Waals surface area contributed by atoms with Crippen LogP contribution in [0.3, 0.4) is 0 Å². The number of benzene rings is 2. The van der Waals surface area contributed by atoms with Crippen molar-refractivity contribution in [1.82, 2.24) is 14.9 Å². The van der Waals surface area contributed by atoms with Crippen molar-refractivity contribution in [2.45, 2.75) is 32.2 Å². The van der Waals surface area contributed by atoms with Gasteiger partial charge in [0.1, 0.15) is 11.2 Å². The molecule has 6 nitrogen and oxygen atoms in total. The van der Waals surface area contributed by atoms with Gasteiger partial charge in [-0.3, -0.25) is 4.79 Å². The zero-order valence-corrected chi connectivity index (χ0v) is 16.6. The van der Waals surface area contributed by atoms with Crippen molar-refractivity contribution in [2.75, 3.05) is 0 Å². The van der Waals surface area contributed by atoms with Gasteiger partial charge in [-0.05, 0) is 43.2 Å². The maximum atomic E-state index is 12.5. The van der Waals surface area contributed by atoms with Crippen LogP contribution in [-0.4, -0.2) is 29.2 Å². The molecule has 0 aliphatic heterocycles. The van der Waals surface area contributed by atoms with Crippen LogP contribution in [0.2, 0.25) is 5.02 Å². The first-order valence-corrected chi connectivity index (χ1v) is 10.2. The lowest BCUT2D eigenvalue weighted by molar-refractivity contribution is 0.0948. The second kappa shape index (κ2) is 8.10. The Balaban J connectivity index is 1.97. The minimum Gasteiger partial charge on any atom is -0.336 e. The van der Waals surface area contributed by atoms with E-state index in [4.69, 9.17) is 11.6 Å². The molecule has 1 unspecified atom stereocenters. The summed E-state index contributed by atoms with van der Waals surface area (Å²) < 4.78 is 24.4. The first-order chi connectivity index (χ1) is 12.9. The molecule has 1 amide bonds. The molecule has 142 valence electrons. The highest BCUT2D eigenvalue weighted by Gasteiger charge is 2.16. The molecule has 1 N–H and O–H groups in total. The van der Waals surface area contributed by atoms with E-state index in [0.29, 0.717) is 23.6 Å². The molecule has 0 radical (unpaired) electrons. The Morgan fingerprint density at radius 1 is 1.26 bits per heavy atom. The van der Waals surface area contributed by atoms with Crippen LogP contribution in [0.15, 0.2) is 42.5 Å². The van der Waals surface area contributed by atoms with E-state index in [2.05, 4.69) is 10.3 Å². The number of aromatic nitrogens is 2. The molecule has 0 saturated carbocycles. The monoisotopic (exact) mass is 405 g/mol. The molecule has 1 heterocycles. The molecule has 27 heavy (non-hydrogen) atoms. The number of hydrogen-bond donors (Lipinski definition) is 2. The van der Waals surface area contributed by atoms with Gasteiger partial charge in [-0.15, -0.1) is 0 Å². The fourth-order valence-electron chi connectivity index (χ4n) is 2.92. The van der Waals surface area contributed by atoms with Crippen molar-refractivity contribution in [3.8, 4) is 0 Å². The van der Waals surface area contributed by atoms with E-state index in [9.17, 15) is 13.2 Å². The molecule has 0 saturated heterocycles. The van der Waals surface area contributed by atoms with Gasteiger partial charge in [-0.2, -0.15) is 0 Å². The maximum Gasteiger partial charge on any atom is 0.252 e. The highest BCUT2D eigenvalue weighted by molar-refractivity contribution is 7.73. The predicted octanol–water partition coefficient (Wildman–Crippen LogP) is 3.12. The third kappa shape index (κ3) is 4.14. The van der Waals surface area contributed by atoms with Gasteiger partial charge in [0.2, 0.25) is 0 Å². The van der Waals surface area contributed by atoms with Gasteiger partial charge < -0.3 is 9.88 Å². The number of rotatable bonds is 6. The molecule has 0 fully saturated rings. The highest BCUT2D eigenvalue weighted by Crippen LogP contribution is 2.22. The lowest BCUT2D eigenvalue weighted by Gasteiger charge is -2.12. The van der Waals surface area contributed by atoms with Crippen LogP contribution in [0.4, 0.5) is 0 Å². The molecule has 0 aliphatic carbocycles. The number of hydrogen-bond acceptors (Lipinski definition) is 4. The maximum absolute atomic E-state index is 12.5. The summed E-state index contributed by atoms with van der Waals surface area (Å²) in [5.74, 6) is 0.377. The Labute approximate surface area is 164 Å². The first kappa shape index (κ1) is 19.4. The molecule has 0 spiro atoms. The minimum absolute atomic E-state index is 0.316. The van der Waals surface area contributed by atoms with Crippen molar-refractivity contribution >= 4 is 39.2 Å². The van der Waals surface area contributed by atoms with E-state index in [1.165, 1.54) is 0 Å². The Hall–Kier alpha value is -2.38. The summed E-state index contributed by atoms with van der Waals surface area (Å²) in [5.41, 5.74) is 2.89. The van der Waals surface area contributed by atoms with Crippen molar-refractivity contribution in [2.24, 2.45) is 0 Å². The molecule has 0 aliphatic rings. The number of thiol groups is 1. The number of halogens is 1. The Kier molecular flexibility index (Phi) is 5.82. The lowest BCUT2D eigenvalue weighted by Crippen LogP contribution is -2.35. The molecule has 1 atom stereocenters.